The summed E-state index contributed by atoms with van der Waals surface area (Å²) in [6, 6.07) is 1.16. The predicted octanol–water partition coefficient (Wildman–Crippen LogP) is 3.38. The Hall–Kier alpha value is -2.50. The van der Waals surface area contributed by atoms with Crippen LogP contribution in [0.25, 0.3) is 0 Å². The fourth-order valence-corrected chi connectivity index (χ4v) is 2.98. The lowest BCUT2D eigenvalue weighted by atomic mass is 9.82. The highest BCUT2D eigenvalue weighted by atomic mass is 19.4. The fraction of sp³-hybridized carbons (Fsp3) is 0.529. The summed E-state index contributed by atoms with van der Waals surface area (Å²) in [5, 5.41) is 13.0. The molecule has 0 heterocycles. The molecule has 1 aromatic carbocycles. The van der Waals surface area contributed by atoms with E-state index in [0.29, 0.717) is 18.6 Å². The molecule has 164 valence electrons. The topological polar surface area (TPSA) is 99.7 Å². The number of hydrogen-bond acceptors (Lipinski definition) is 4. The first-order valence-electron chi connectivity index (χ1n) is 8.56. The second-order valence-electron chi connectivity index (χ2n) is 6.35. The minimum Gasteiger partial charge on any atom is -0.481 e. The number of hydrazine groups is 1. The lowest BCUT2D eigenvalue weighted by molar-refractivity contribution is -0.144. The van der Waals surface area contributed by atoms with Crippen molar-refractivity contribution in [2.75, 3.05) is 7.05 Å². The molecule has 0 bridgehead atoms. The first kappa shape index (κ1) is 24.5. The molecule has 1 aromatic rings. The Morgan fingerprint density at radius 3 is 1.97 bits per heavy atom. The van der Waals surface area contributed by atoms with Crippen LogP contribution < -0.4 is 16.7 Å². The molecular weight excluding hydrogens is 406 g/mol. The van der Waals surface area contributed by atoms with Crippen molar-refractivity contribution in [3.05, 3.63) is 34.9 Å². The average Bonchev–Trinajstić information content (AvgIpc) is 2.61. The third-order valence-electron chi connectivity index (χ3n) is 4.25. The number of nitrogens with zero attached hydrogens (tertiary/aromatic N) is 1. The molecule has 1 rings (SSSR count). The molecule has 2 atom stereocenters. The molecule has 5 N–H and O–H groups in total. The van der Waals surface area contributed by atoms with Gasteiger partial charge in [-0.2, -0.15) is 31.4 Å². The standard InChI is InChI=1S/C17H22F6N4O2/c1-3-4-12(15(28)29)13(14(26-24)27-25-2)7-9-5-10(16(18,19)20)8-11(6-9)17(21,22)23/h5-6,8,12-13,25H,3-4,7,24H2,1-2H3,(H,26,27)(H,28,29)/t12-,13-/m0/s1. The van der Waals surface area contributed by atoms with Crippen LogP contribution in [0, 0.1) is 11.8 Å². The zero-order valence-corrected chi connectivity index (χ0v) is 15.7. The maximum Gasteiger partial charge on any atom is 0.416 e. The van der Waals surface area contributed by atoms with Gasteiger partial charge in [0.1, 0.15) is 5.84 Å². The van der Waals surface area contributed by atoms with Crippen LogP contribution in [-0.4, -0.2) is 24.0 Å². The van der Waals surface area contributed by atoms with E-state index in [2.05, 4.69) is 16.0 Å². The quantitative estimate of drug-likeness (QED) is 0.167. The van der Waals surface area contributed by atoms with Crippen molar-refractivity contribution in [3.8, 4) is 0 Å². The maximum absolute atomic E-state index is 13.1. The largest absolute Gasteiger partial charge is 0.481 e. The predicted molar refractivity (Wildman–Crippen MR) is 93.5 cm³/mol. The Kier molecular flexibility index (Phi) is 8.30. The fourth-order valence-electron chi connectivity index (χ4n) is 2.98. The van der Waals surface area contributed by atoms with Gasteiger partial charge in [0.25, 0.3) is 0 Å². The van der Waals surface area contributed by atoms with Crippen LogP contribution in [0.3, 0.4) is 0 Å². The van der Waals surface area contributed by atoms with Crippen molar-refractivity contribution in [2.24, 2.45) is 22.8 Å². The van der Waals surface area contributed by atoms with E-state index in [4.69, 9.17) is 5.84 Å². The molecule has 0 aliphatic heterocycles. The number of carboxylic acid groups (broad SMARTS) is 1. The summed E-state index contributed by atoms with van der Waals surface area (Å²) in [6.07, 6.45) is -9.92. The number of alkyl halides is 6. The van der Waals surface area contributed by atoms with E-state index >= 15 is 0 Å². The monoisotopic (exact) mass is 428 g/mol. The Morgan fingerprint density at radius 1 is 1.10 bits per heavy atom. The molecule has 0 spiro atoms. The molecule has 0 aliphatic rings. The minimum absolute atomic E-state index is 0.0169. The van der Waals surface area contributed by atoms with Crippen LogP contribution in [0.1, 0.15) is 36.5 Å². The van der Waals surface area contributed by atoms with Gasteiger partial charge in [-0.25, -0.2) is 5.43 Å². The summed E-state index contributed by atoms with van der Waals surface area (Å²) in [7, 11) is 1.42. The zero-order chi connectivity index (χ0) is 22.4. The number of carboxylic acids is 1. The van der Waals surface area contributed by atoms with Crippen molar-refractivity contribution in [2.45, 2.75) is 38.5 Å². The maximum atomic E-state index is 13.1. The van der Waals surface area contributed by atoms with Gasteiger partial charge in [0.05, 0.1) is 17.0 Å². The molecule has 0 fully saturated rings. The van der Waals surface area contributed by atoms with E-state index < -0.39 is 47.7 Å². The van der Waals surface area contributed by atoms with Crippen molar-refractivity contribution < 1.29 is 36.2 Å². The van der Waals surface area contributed by atoms with Crippen molar-refractivity contribution in [1.29, 1.82) is 0 Å². The third-order valence-corrected chi connectivity index (χ3v) is 4.25. The van der Waals surface area contributed by atoms with E-state index in [0.717, 1.165) is 0 Å². The van der Waals surface area contributed by atoms with Crippen molar-refractivity contribution >= 4 is 11.8 Å². The highest BCUT2D eigenvalue weighted by molar-refractivity contribution is 5.88. The summed E-state index contributed by atoms with van der Waals surface area (Å²) >= 11 is 0. The van der Waals surface area contributed by atoms with Gasteiger partial charge in [-0.1, -0.05) is 13.3 Å². The lowest BCUT2D eigenvalue weighted by Gasteiger charge is -2.26. The zero-order valence-electron chi connectivity index (χ0n) is 15.7. The van der Waals surface area contributed by atoms with Gasteiger partial charge in [0.2, 0.25) is 0 Å². The number of nitrogens with two attached hydrogens (primary N) is 1. The summed E-state index contributed by atoms with van der Waals surface area (Å²) in [5.74, 6) is 1.69. The number of halogens is 6. The molecule has 0 unspecified atom stereocenters. The van der Waals surface area contributed by atoms with Gasteiger partial charge in [-0.05, 0) is 36.6 Å². The third kappa shape index (κ3) is 6.80. The highest BCUT2D eigenvalue weighted by Crippen LogP contribution is 2.37. The highest BCUT2D eigenvalue weighted by Gasteiger charge is 2.38. The Balaban J connectivity index is 3.52. The second-order valence-corrected chi connectivity index (χ2v) is 6.35. The van der Waals surface area contributed by atoms with E-state index in [9.17, 15) is 36.2 Å². The Labute approximate surface area is 163 Å². The molecule has 0 aromatic heterocycles. The van der Waals surface area contributed by atoms with E-state index in [-0.39, 0.29) is 23.9 Å². The summed E-state index contributed by atoms with van der Waals surface area (Å²) in [4.78, 5) is 11.7. The van der Waals surface area contributed by atoms with Crippen LogP contribution in [-0.2, 0) is 23.6 Å². The second kappa shape index (κ2) is 9.81. The average molecular weight is 428 g/mol. The summed E-state index contributed by atoms with van der Waals surface area (Å²) in [5.41, 5.74) is 1.70. The van der Waals surface area contributed by atoms with Gasteiger partial charge >= 0.3 is 18.3 Å². The number of hydrogen-bond donors (Lipinski definition) is 4. The van der Waals surface area contributed by atoms with Gasteiger partial charge in [-0.3, -0.25) is 4.79 Å². The van der Waals surface area contributed by atoms with Gasteiger partial charge in [0, 0.05) is 13.0 Å². The van der Waals surface area contributed by atoms with Gasteiger partial charge < -0.3 is 16.4 Å². The number of benzene rings is 1. The number of hydrazone groups is 1. The van der Waals surface area contributed by atoms with Gasteiger partial charge in [0.15, 0.2) is 0 Å². The molecule has 0 aliphatic carbocycles. The molecule has 0 saturated heterocycles. The molecule has 12 heteroatoms. The number of carbonyl (C=O) groups is 1. The van der Waals surface area contributed by atoms with Crippen LogP contribution in [0.5, 0.6) is 0 Å². The molecular formula is C17H22F6N4O2. The van der Waals surface area contributed by atoms with Crippen molar-refractivity contribution in [1.82, 2.24) is 10.9 Å². The SMILES string of the molecule is CCC[C@H](C(=O)O)[C@H](Cc1cc(C(F)(F)F)cc(C(F)(F)F)c1)C(=NN)NNC. The normalized spacial score (nSPS) is 15.1. The molecule has 0 saturated carbocycles. The first-order chi connectivity index (χ1) is 13.3. The van der Waals surface area contributed by atoms with E-state index in [1.807, 2.05) is 0 Å². The number of rotatable bonds is 8. The van der Waals surface area contributed by atoms with Crippen LogP contribution in [0.2, 0.25) is 0 Å². The molecule has 29 heavy (non-hydrogen) atoms. The van der Waals surface area contributed by atoms with E-state index in [1.54, 1.807) is 6.92 Å². The van der Waals surface area contributed by atoms with Crippen LogP contribution >= 0.6 is 0 Å². The molecule has 0 radical (unpaired) electrons. The van der Waals surface area contributed by atoms with E-state index in [1.165, 1.54) is 7.05 Å². The first-order valence-corrected chi connectivity index (χ1v) is 8.56. The van der Waals surface area contributed by atoms with Gasteiger partial charge in [-0.15, -0.1) is 0 Å². The summed E-state index contributed by atoms with van der Waals surface area (Å²) in [6.45, 7) is 1.70. The van der Waals surface area contributed by atoms with Crippen molar-refractivity contribution in [3.63, 3.8) is 0 Å². The van der Waals surface area contributed by atoms with Crippen LogP contribution in [0.15, 0.2) is 23.3 Å². The molecule has 0 amide bonds. The number of amidine groups is 1. The minimum atomic E-state index is -5.00. The smallest absolute Gasteiger partial charge is 0.416 e. The Bertz CT molecular complexity index is 701. The summed E-state index contributed by atoms with van der Waals surface area (Å²) < 4.78 is 78.6. The number of nitrogens with one attached hydrogen (secondary N) is 2. The molecule has 6 nitrogen and oxygen atoms in total. The number of aliphatic carboxylic acids is 1. The lowest BCUT2D eigenvalue weighted by Crippen LogP contribution is -2.45. The Morgan fingerprint density at radius 2 is 1.62 bits per heavy atom. The van der Waals surface area contributed by atoms with Crippen LogP contribution in [0.4, 0.5) is 26.3 Å².